The smallest absolute Gasteiger partial charge is 0.332 e. The molecule has 0 aromatic heterocycles. The van der Waals surface area contributed by atoms with Crippen LogP contribution >= 0.6 is 0 Å². The normalized spacial score (nSPS) is 17.8. The van der Waals surface area contributed by atoms with Gasteiger partial charge in [0, 0.05) is 13.1 Å². The monoisotopic (exact) mass is 331 g/mol. The molecule has 1 fully saturated rings. The van der Waals surface area contributed by atoms with E-state index in [9.17, 15) is 14.4 Å². The van der Waals surface area contributed by atoms with Gasteiger partial charge in [-0.05, 0) is 31.4 Å². The highest BCUT2D eigenvalue weighted by atomic mass is 16.2. The molecule has 130 valence electrons. The summed E-state index contributed by atoms with van der Waals surface area (Å²) in [7, 11) is 0. The van der Waals surface area contributed by atoms with Gasteiger partial charge >= 0.3 is 6.03 Å². The van der Waals surface area contributed by atoms with E-state index in [2.05, 4.69) is 19.2 Å². The van der Waals surface area contributed by atoms with Crippen LogP contribution in [0.1, 0.15) is 33.6 Å². The Morgan fingerprint density at radius 3 is 2.46 bits per heavy atom. The third kappa shape index (κ3) is 3.93. The van der Waals surface area contributed by atoms with Crippen molar-refractivity contribution >= 4 is 23.5 Å². The molecule has 0 spiro atoms. The maximum absolute atomic E-state index is 12.8. The predicted octanol–water partition coefficient (Wildman–Crippen LogP) is 2.40. The van der Waals surface area contributed by atoms with Gasteiger partial charge < -0.3 is 10.2 Å². The minimum atomic E-state index is -0.733. The number of rotatable bonds is 7. The van der Waals surface area contributed by atoms with Crippen molar-refractivity contribution < 1.29 is 14.4 Å². The number of nitrogens with one attached hydrogen (secondary N) is 1. The average molecular weight is 331 g/mol. The zero-order valence-corrected chi connectivity index (χ0v) is 14.5. The number of hydrogen-bond donors (Lipinski definition) is 1. The molecule has 1 aliphatic rings. The second-order valence-corrected chi connectivity index (χ2v) is 6.34. The Hall–Kier alpha value is -2.37. The first-order valence-electron chi connectivity index (χ1n) is 8.42. The van der Waals surface area contributed by atoms with Crippen LogP contribution in [0.3, 0.4) is 0 Å². The van der Waals surface area contributed by atoms with Crippen molar-refractivity contribution in [2.75, 3.05) is 18.0 Å². The van der Waals surface area contributed by atoms with Crippen LogP contribution in [-0.4, -0.2) is 41.9 Å². The Labute approximate surface area is 142 Å². The number of benzene rings is 1. The quantitative estimate of drug-likeness (QED) is 0.780. The Morgan fingerprint density at radius 2 is 1.88 bits per heavy atom. The van der Waals surface area contributed by atoms with Gasteiger partial charge in [0.1, 0.15) is 6.04 Å². The molecule has 6 heteroatoms. The molecule has 0 bridgehead atoms. The van der Waals surface area contributed by atoms with Gasteiger partial charge in [-0.25, -0.2) is 9.69 Å². The number of nitrogens with zero attached hydrogens (tertiary/aromatic N) is 2. The van der Waals surface area contributed by atoms with E-state index in [1.54, 1.807) is 24.3 Å². The summed E-state index contributed by atoms with van der Waals surface area (Å²) >= 11 is 0. The molecule has 24 heavy (non-hydrogen) atoms. The van der Waals surface area contributed by atoms with E-state index < -0.39 is 6.04 Å². The number of amides is 4. The molecule has 1 aliphatic heterocycles. The van der Waals surface area contributed by atoms with Crippen LogP contribution in [0.2, 0.25) is 0 Å². The highest BCUT2D eigenvalue weighted by molar-refractivity contribution is 6.22. The Balaban J connectivity index is 2.25. The lowest BCUT2D eigenvalue weighted by Crippen LogP contribution is -2.40. The van der Waals surface area contributed by atoms with E-state index in [0.717, 1.165) is 6.42 Å². The van der Waals surface area contributed by atoms with Gasteiger partial charge in [-0.1, -0.05) is 32.0 Å². The maximum atomic E-state index is 12.8. The number of carbonyl (C=O) groups excluding carboxylic acids is 3. The van der Waals surface area contributed by atoms with Crippen LogP contribution < -0.4 is 10.2 Å². The van der Waals surface area contributed by atoms with Crippen molar-refractivity contribution in [1.29, 1.82) is 0 Å². The molecule has 6 nitrogen and oxygen atoms in total. The molecular weight excluding hydrogens is 306 g/mol. The molecule has 1 aromatic carbocycles. The summed E-state index contributed by atoms with van der Waals surface area (Å²) in [5.41, 5.74) is 0.542. The molecule has 0 radical (unpaired) electrons. The van der Waals surface area contributed by atoms with Crippen LogP contribution in [-0.2, 0) is 9.59 Å². The SMILES string of the molecule is CCNC(=O)C[C@H]1C(=O)N(c2ccccc2)C(=O)N1CCC(C)C. The van der Waals surface area contributed by atoms with Crippen molar-refractivity contribution in [3.05, 3.63) is 30.3 Å². The molecule has 0 aliphatic carbocycles. The highest BCUT2D eigenvalue weighted by Crippen LogP contribution is 2.27. The van der Waals surface area contributed by atoms with E-state index in [1.165, 1.54) is 9.80 Å². The lowest BCUT2D eigenvalue weighted by molar-refractivity contribution is -0.127. The molecule has 1 aromatic rings. The summed E-state index contributed by atoms with van der Waals surface area (Å²) < 4.78 is 0. The van der Waals surface area contributed by atoms with Gasteiger partial charge in [-0.15, -0.1) is 0 Å². The number of imide groups is 1. The maximum Gasteiger partial charge on any atom is 0.332 e. The van der Waals surface area contributed by atoms with Crippen LogP contribution in [0.15, 0.2) is 30.3 Å². The minimum absolute atomic E-state index is 0.000157. The van der Waals surface area contributed by atoms with Gasteiger partial charge in [0.05, 0.1) is 12.1 Å². The number of para-hydroxylation sites is 1. The Kier molecular flexibility index (Phi) is 5.95. The molecule has 1 N–H and O–H groups in total. The van der Waals surface area contributed by atoms with Crippen molar-refractivity contribution in [2.45, 2.75) is 39.7 Å². The van der Waals surface area contributed by atoms with Crippen LogP contribution in [0, 0.1) is 5.92 Å². The van der Waals surface area contributed by atoms with Crippen molar-refractivity contribution in [3.8, 4) is 0 Å². The number of anilines is 1. The van der Waals surface area contributed by atoms with E-state index in [0.29, 0.717) is 24.7 Å². The fourth-order valence-electron chi connectivity index (χ4n) is 2.74. The molecule has 1 atom stereocenters. The number of hydrogen-bond acceptors (Lipinski definition) is 3. The number of urea groups is 1. The summed E-state index contributed by atoms with van der Waals surface area (Å²) in [6, 6.07) is 7.77. The largest absolute Gasteiger partial charge is 0.356 e. The second kappa shape index (κ2) is 7.95. The zero-order valence-electron chi connectivity index (χ0n) is 14.5. The summed E-state index contributed by atoms with van der Waals surface area (Å²) in [5, 5.41) is 2.70. The molecule has 0 unspecified atom stereocenters. The second-order valence-electron chi connectivity index (χ2n) is 6.34. The predicted molar refractivity (Wildman–Crippen MR) is 92.6 cm³/mol. The first kappa shape index (κ1) is 18.0. The van der Waals surface area contributed by atoms with E-state index in [4.69, 9.17) is 0 Å². The molecule has 1 heterocycles. The van der Waals surface area contributed by atoms with Gasteiger partial charge in [0.15, 0.2) is 0 Å². The standard InChI is InChI=1S/C18H25N3O3/c1-4-19-16(22)12-15-17(23)21(14-8-6-5-7-9-14)18(24)20(15)11-10-13(2)3/h5-9,13,15H,4,10-12H2,1-3H3,(H,19,22)/t15-/m0/s1. The fraction of sp³-hybridized carbons (Fsp3) is 0.500. The molecule has 1 saturated heterocycles. The highest BCUT2D eigenvalue weighted by Gasteiger charge is 2.46. The Morgan fingerprint density at radius 1 is 1.21 bits per heavy atom. The lowest BCUT2D eigenvalue weighted by atomic mass is 10.1. The first-order valence-corrected chi connectivity index (χ1v) is 8.42. The zero-order chi connectivity index (χ0) is 17.7. The van der Waals surface area contributed by atoms with Crippen LogP contribution in [0.25, 0.3) is 0 Å². The van der Waals surface area contributed by atoms with Crippen LogP contribution in [0.5, 0.6) is 0 Å². The van der Waals surface area contributed by atoms with E-state index in [-0.39, 0.29) is 24.3 Å². The van der Waals surface area contributed by atoms with Crippen LogP contribution in [0.4, 0.5) is 10.5 Å². The van der Waals surface area contributed by atoms with Crippen molar-refractivity contribution in [3.63, 3.8) is 0 Å². The molecular formula is C18H25N3O3. The third-order valence-corrected chi connectivity index (χ3v) is 4.03. The topological polar surface area (TPSA) is 69.7 Å². The summed E-state index contributed by atoms with van der Waals surface area (Å²) in [5.74, 6) is -0.141. The third-order valence-electron chi connectivity index (χ3n) is 4.03. The Bertz CT molecular complexity index is 601. The van der Waals surface area contributed by atoms with E-state index >= 15 is 0 Å². The molecule has 4 amide bonds. The summed E-state index contributed by atoms with van der Waals surface area (Å²) in [6.07, 6.45) is 0.785. The van der Waals surface area contributed by atoms with Gasteiger partial charge in [-0.2, -0.15) is 0 Å². The van der Waals surface area contributed by atoms with E-state index in [1.807, 2.05) is 13.0 Å². The van der Waals surface area contributed by atoms with Gasteiger partial charge in [0.2, 0.25) is 5.91 Å². The van der Waals surface area contributed by atoms with Crippen molar-refractivity contribution in [2.24, 2.45) is 5.92 Å². The lowest BCUT2D eigenvalue weighted by Gasteiger charge is -2.22. The van der Waals surface area contributed by atoms with Crippen molar-refractivity contribution in [1.82, 2.24) is 10.2 Å². The first-order chi connectivity index (χ1) is 11.5. The minimum Gasteiger partial charge on any atom is -0.356 e. The van der Waals surface area contributed by atoms with Gasteiger partial charge in [0.25, 0.3) is 5.91 Å². The average Bonchev–Trinajstić information content (AvgIpc) is 2.77. The summed E-state index contributed by atoms with van der Waals surface area (Å²) in [6.45, 7) is 6.93. The number of carbonyl (C=O) groups is 3. The summed E-state index contributed by atoms with van der Waals surface area (Å²) in [4.78, 5) is 40.2. The van der Waals surface area contributed by atoms with Gasteiger partial charge in [-0.3, -0.25) is 9.59 Å². The molecule has 0 saturated carbocycles. The molecule has 2 rings (SSSR count). The fourth-order valence-corrected chi connectivity index (χ4v) is 2.74.